The Labute approximate surface area is 298 Å². The Morgan fingerprint density at radius 1 is 0.755 bits per heavy atom. The Morgan fingerprint density at radius 3 is 2.12 bits per heavy atom. The van der Waals surface area contributed by atoms with Gasteiger partial charge in [-0.15, -0.1) is 11.8 Å². The van der Waals surface area contributed by atoms with E-state index < -0.39 is 17.1 Å². The van der Waals surface area contributed by atoms with Crippen molar-refractivity contribution >= 4 is 70.1 Å². The standard InChI is InChI=1S/C38H31Cl2N3O5S/c1-47-29-16-20-34(48-2)26(21-29)22-33(43-36(44)25-11-7-4-8-12-25)37(45)41-28-14-17-30(18-15-28)49-35(24-9-5-3-6-10-24)38(46)42-32-23-27(39)13-19-31(32)40/h3-23,35H,1-2H3,(H,41,45)(H,42,46)(H,43,44)/b33-22-. The third kappa shape index (κ3) is 9.45. The average Bonchev–Trinajstić information content (AvgIpc) is 3.13. The number of amides is 3. The minimum atomic E-state index is -0.628. The van der Waals surface area contributed by atoms with Crippen molar-refractivity contribution in [1.29, 1.82) is 0 Å². The molecule has 0 aliphatic rings. The van der Waals surface area contributed by atoms with Crippen LogP contribution in [0.1, 0.15) is 26.7 Å². The van der Waals surface area contributed by atoms with Gasteiger partial charge in [0, 0.05) is 26.7 Å². The summed E-state index contributed by atoms with van der Waals surface area (Å²) in [6.07, 6.45) is 1.52. The smallest absolute Gasteiger partial charge is 0.272 e. The molecule has 5 aromatic carbocycles. The number of nitrogens with one attached hydrogen (secondary N) is 3. The van der Waals surface area contributed by atoms with Gasteiger partial charge >= 0.3 is 0 Å². The third-order valence-corrected chi connectivity index (χ3v) is 8.99. The molecule has 0 fully saturated rings. The van der Waals surface area contributed by atoms with Crippen molar-refractivity contribution in [3.05, 3.63) is 154 Å². The lowest BCUT2D eigenvalue weighted by molar-refractivity contribution is -0.116. The Hall–Kier alpha value is -5.22. The van der Waals surface area contributed by atoms with Crippen molar-refractivity contribution < 1.29 is 23.9 Å². The van der Waals surface area contributed by atoms with E-state index in [1.54, 1.807) is 91.0 Å². The molecule has 3 N–H and O–H groups in total. The second kappa shape index (κ2) is 16.7. The molecule has 49 heavy (non-hydrogen) atoms. The lowest BCUT2D eigenvalue weighted by Gasteiger charge is -2.18. The summed E-state index contributed by atoms with van der Waals surface area (Å²) in [6.45, 7) is 0. The minimum absolute atomic E-state index is 0.0145. The molecule has 0 bridgehead atoms. The molecule has 3 amide bonds. The summed E-state index contributed by atoms with van der Waals surface area (Å²) in [7, 11) is 3.05. The molecule has 248 valence electrons. The molecule has 0 heterocycles. The van der Waals surface area contributed by atoms with Crippen LogP contribution in [0.25, 0.3) is 6.08 Å². The van der Waals surface area contributed by atoms with E-state index in [2.05, 4.69) is 16.0 Å². The number of ether oxygens (including phenoxy) is 2. The molecular formula is C38H31Cl2N3O5S. The van der Waals surface area contributed by atoms with Crippen LogP contribution < -0.4 is 25.4 Å². The normalized spacial score (nSPS) is 11.6. The van der Waals surface area contributed by atoms with Gasteiger partial charge in [-0.3, -0.25) is 14.4 Å². The zero-order valence-corrected chi connectivity index (χ0v) is 28.7. The van der Waals surface area contributed by atoms with Crippen LogP contribution in [0.15, 0.2) is 132 Å². The summed E-state index contributed by atoms with van der Waals surface area (Å²) in [5, 5.41) is 8.67. The Morgan fingerprint density at radius 2 is 1.45 bits per heavy atom. The van der Waals surface area contributed by atoms with Crippen molar-refractivity contribution in [3.63, 3.8) is 0 Å². The molecule has 0 aliphatic carbocycles. The first-order valence-corrected chi connectivity index (χ1v) is 16.6. The van der Waals surface area contributed by atoms with Crippen LogP contribution >= 0.6 is 35.0 Å². The molecule has 5 rings (SSSR count). The number of hydrogen-bond acceptors (Lipinski definition) is 6. The van der Waals surface area contributed by atoms with E-state index in [-0.39, 0.29) is 11.6 Å². The van der Waals surface area contributed by atoms with E-state index in [9.17, 15) is 14.4 Å². The minimum Gasteiger partial charge on any atom is -0.497 e. The van der Waals surface area contributed by atoms with Gasteiger partial charge < -0.3 is 25.4 Å². The van der Waals surface area contributed by atoms with Crippen LogP contribution in [0.2, 0.25) is 10.0 Å². The number of anilines is 2. The van der Waals surface area contributed by atoms with Crippen LogP contribution in [0.4, 0.5) is 11.4 Å². The van der Waals surface area contributed by atoms with Gasteiger partial charge in [-0.2, -0.15) is 0 Å². The average molecular weight is 713 g/mol. The molecule has 0 aromatic heterocycles. The molecule has 1 atom stereocenters. The van der Waals surface area contributed by atoms with Crippen LogP contribution in [0, 0.1) is 0 Å². The zero-order valence-electron chi connectivity index (χ0n) is 26.4. The molecule has 0 spiro atoms. The summed E-state index contributed by atoms with van der Waals surface area (Å²) in [5.74, 6) is -0.271. The van der Waals surface area contributed by atoms with Gasteiger partial charge in [0.25, 0.3) is 11.8 Å². The summed E-state index contributed by atoms with van der Waals surface area (Å²) in [5.41, 5.74) is 2.56. The van der Waals surface area contributed by atoms with Gasteiger partial charge in [0.15, 0.2) is 0 Å². The fourth-order valence-electron chi connectivity index (χ4n) is 4.69. The zero-order chi connectivity index (χ0) is 34.8. The molecule has 8 nitrogen and oxygen atoms in total. The highest BCUT2D eigenvalue weighted by molar-refractivity contribution is 8.00. The number of methoxy groups -OCH3 is 2. The lowest BCUT2D eigenvalue weighted by Crippen LogP contribution is -2.30. The molecular weight excluding hydrogens is 681 g/mol. The second-order valence-electron chi connectivity index (χ2n) is 10.5. The number of carbonyl (C=O) groups is 3. The monoisotopic (exact) mass is 711 g/mol. The van der Waals surface area contributed by atoms with Gasteiger partial charge in [-0.05, 0) is 84.4 Å². The largest absolute Gasteiger partial charge is 0.497 e. The number of rotatable bonds is 12. The highest BCUT2D eigenvalue weighted by atomic mass is 35.5. The number of hydrogen-bond donors (Lipinski definition) is 3. The molecule has 1 unspecified atom stereocenters. The summed E-state index contributed by atoms with van der Waals surface area (Å²) in [4.78, 5) is 41.1. The predicted octanol–water partition coefficient (Wildman–Crippen LogP) is 8.89. The van der Waals surface area contributed by atoms with Crippen LogP contribution in [-0.2, 0) is 9.59 Å². The quantitative estimate of drug-likeness (QED) is 0.0882. The van der Waals surface area contributed by atoms with Crippen LogP contribution in [-0.4, -0.2) is 31.9 Å². The van der Waals surface area contributed by atoms with Crippen molar-refractivity contribution in [2.75, 3.05) is 24.9 Å². The van der Waals surface area contributed by atoms with Crippen molar-refractivity contribution in [3.8, 4) is 11.5 Å². The number of benzene rings is 5. The molecule has 0 saturated carbocycles. The van der Waals surface area contributed by atoms with E-state index in [0.717, 1.165) is 10.5 Å². The van der Waals surface area contributed by atoms with E-state index in [0.29, 0.717) is 44.0 Å². The Kier molecular flexibility index (Phi) is 12.0. The van der Waals surface area contributed by atoms with E-state index in [1.165, 1.54) is 32.1 Å². The van der Waals surface area contributed by atoms with Gasteiger partial charge in [0.1, 0.15) is 22.4 Å². The van der Waals surface area contributed by atoms with Crippen LogP contribution in [0.3, 0.4) is 0 Å². The predicted molar refractivity (Wildman–Crippen MR) is 197 cm³/mol. The maximum Gasteiger partial charge on any atom is 0.272 e. The number of thioether (sulfide) groups is 1. The fourth-order valence-corrected chi connectivity index (χ4v) is 6.06. The topological polar surface area (TPSA) is 106 Å². The Balaban J connectivity index is 1.37. The molecule has 0 radical (unpaired) electrons. The second-order valence-corrected chi connectivity index (χ2v) is 12.5. The van der Waals surface area contributed by atoms with Crippen LogP contribution in [0.5, 0.6) is 11.5 Å². The van der Waals surface area contributed by atoms with E-state index in [4.69, 9.17) is 32.7 Å². The number of carbonyl (C=O) groups excluding carboxylic acids is 3. The molecule has 0 aliphatic heterocycles. The van der Waals surface area contributed by atoms with Crippen molar-refractivity contribution in [2.24, 2.45) is 0 Å². The molecule has 11 heteroatoms. The summed E-state index contributed by atoms with van der Waals surface area (Å²) in [6, 6.07) is 35.0. The van der Waals surface area contributed by atoms with Gasteiger partial charge in [0.05, 0.1) is 24.9 Å². The van der Waals surface area contributed by atoms with Gasteiger partial charge in [0.2, 0.25) is 5.91 Å². The molecule has 0 saturated heterocycles. The summed E-state index contributed by atoms with van der Waals surface area (Å²) >= 11 is 13.8. The maximum absolute atomic E-state index is 13.7. The van der Waals surface area contributed by atoms with Crippen molar-refractivity contribution in [1.82, 2.24) is 5.32 Å². The van der Waals surface area contributed by atoms with E-state index >= 15 is 0 Å². The van der Waals surface area contributed by atoms with Gasteiger partial charge in [-0.25, -0.2) is 0 Å². The maximum atomic E-state index is 13.7. The number of halogens is 2. The first-order chi connectivity index (χ1) is 23.7. The molecule has 5 aromatic rings. The van der Waals surface area contributed by atoms with Gasteiger partial charge in [-0.1, -0.05) is 71.7 Å². The highest BCUT2D eigenvalue weighted by Gasteiger charge is 2.23. The van der Waals surface area contributed by atoms with Crippen molar-refractivity contribution in [2.45, 2.75) is 10.1 Å². The first kappa shape index (κ1) is 35.1. The lowest BCUT2D eigenvalue weighted by atomic mass is 10.1. The summed E-state index contributed by atoms with van der Waals surface area (Å²) < 4.78 is 10.8. The third-order valence-electron chi connectivity index (χ3n) is 7.16. The first-order valence-electron chi connectivity index (χ1n) is 14.9. The Bertz CT molecular complexity index is 1970. The fraction of sp³-hybridized carbons (Fsp3) is 0.0789. The SMILES string of the molecule is COc1ccc(OC)c(/C=C(\NC(=O)c2ccccc2)C(=O)Nc2ccc(SC(C(=O)Nc3cc(Cl)ccc3Cl)c3ccccc3)cc2)c1. The highest BCUT2D eigenvalue weighted by Crippen LogP contribution is 2.38. The van der Waals surface area contributed by atoms with E-state index in [1.807, 2.05) is 30.3 Å².